The predicted molar refractivity (Wildman–Crippen MR) is 107 cm³/mol. The van der Waals surface area contributed by atoms with Gasteiger partial charge in [-0.3, -0.25) is 9.48 Å². The van der Waals surface area contributed by atoms with Crippen molar-refractivity contribution in [1.82, 2.24) is 15.1 Å². The quantitative estimate of drug-likeness (QED) is 0.622. The van der Waals surface area contributed by atoms with Crippen LogP contribution in [0, 0.1) is 0 Å². The standard InChI is InChI=1S/C21H21N3O3S/c1-14(20(25)22-16-9-10-16)27-21(26)17-13-24(12-15-6-3-2-4-7-15)23-19(17)18-8-5-11-28-18/h2-8,11,13-14,16H,9-10,12H2,1H3,(H,22,25)/t14-/m1/s1. The first-order chi connectivity index (χ1) is 13.6. The van der Waals surface area contributed by atoms with Crippen molar-refractivity contribution in [2.45, 2.75) is 38.5 Å². The number of carbonyl (C=O) groups is 2. The molecule has 0 unspecified atom stereocenters. The molecule has 0 aliphatic heterocycles. The fourth-order valence-electron chi connectivity index (χ4n) is 2.84. The molecule has 2 heterocycles. The number of aromatic nitrogens is 2. The lowest BCUT2D eigenvalue weighted by Crippen LogP contribution is -2.37. The first kappa shape index (κ1) is 18.4. The number of carbonyl (C=O) groups excluding carboxylic acids is 2. The molecule has 1 aromatic carbocycles. The molecule has 2 aromatic heterocycles. The van der Waals surface area contributed by atoms with Crippen LogP contribution in [0.3, 0.4) is 0 Å². The number of nitrogens with one attached hydrogen (secondary N) is 1. The minimum absolute atomic E-state index is 0.226. The molecule has 4 rings (SSSR count). The Hall–Kier alpha value is -2.93. The van der Waals surface area contributed by atoms with E-state index in [0.29, 0.717) is 17.8 Å². The van der Waals surface area contributed by atoms with Crippen molar-refractivity contribution in [2.24, 2.45) is 0 Å². The molecule has 6 nitrogen and oxygen atoms in total. The molecule has 0 bridgehead atoms. The molecule has 3 aromatic rings. The molecule has 1 atom stereocenters. The van der Waals surface area contributed by atoms with Gasteiger partial charge in [0.1, 0.15) is 11.3 Å². The smallest absolute Gasteiger partial charge is 0.342 e. The summed E-state index contributed by atoms with van der Waals surface area (Å²) in [4.78, 5) is 25.8. The largest absolute Gasteiger partial charge is 0.449 e. The van der Waals surface area contributed by atoms with Gasteiger partial charge in [0, 0.05) is 12.2 Å². The van der Waals surface area contributed by atoms with Gasteiger partial charge in [-0.25, -0.2) is 4.79 Å². The summed E-state index contributed by atoms with van der Waals surface area (Å²) in [5.74, 6) is -0.800. The Morgan fingerprint density at radius 1 is 1.25 bits per heavy atom. The molecule has 1 aliphatic rings. The number of thiophene rings is 1. The molecule has 1 N–H and O–H groups in total. The van der Waals surface area contributed by atoms with Gasteiger partial charge in [-0.1, -0.05) is 36.4 Å². The second kappa shape index (κ2) is 7.98. The number of amides is 1. The summed E-state index contributed by atoms with van der Waals surface area (Å²) in [7, 11) is 0. The molecular weight excluding hydrogens is 374 g/mol. The van der Waals surface area contributed by atoms with E-state index in [0.717, 1.165) is 23.3 Å². The van der Waals surface area contributed by atoms with Gasteiger partial charge in [0.15, 0.2) is 6.10 Å². The van der Waals surface area contributed by atoms with Crippen LogP contribution in [-0.2, 0) is 16.1 Å². The Morgan fingerprint density at radius 3 is 2.71 bits per heavy atom. The van der Waals surface area contributed by atoms with E-state index in [2.05, 4.69) is 10.4 Å². The lowest BCUT2D eigenvalue weighted by Gasteiger charge is -2.12. The van der Waals surface area contributed by atoms with Crippen molar-refractivity contribution >= 4 is 23.2 Å². The summed E-state index contributed by atoms with van der Waals surface area (Å²) >= 11 is 1.51. The van der Waals surface area contributed by atoms with Crippen LogP contribution >= 0.6 is 11.3 Å². The Morgan fingerprint density at radius 2 is 2.04 bits per heavy atom. The molecule has 1 fully saturated rings. The first-order valence-corrected chi connectivity index (χ1v) is 10.1. The molecule has 0 radical (unpaired) electrons. The lowest BCUT2D eigenvalue weighted by atomic mass is 10.2. The van der Waals surface area contributed by atoms with Crippen LogP contribution < -0.4 is 5.32 Å². The number of nitrogens with zero attached hydrogens (tertiary/aromatic N) is 2. The Labute approximate surface area is 167 Å². The van der Waals surface area contributed by atoms with E-state index in [1.54, 1.807) is 17.8 Å². The maximum atomic E-state index is 12.8. The molecule has 28 heavy (non-hydrogen) atoms. The van der Waals surface area contributed by atoms with E-state index in [1.165, 1.54) is 11.3 Å². The zero-order valence-corrected chi connectivity index (χ0v) is 16.3. The molecular formula is C21H21N3O3S. The fourth-order valence-corrected chi connectivity index (χ4v) is 3.56. The lowest BCUT2D eigenvalue weighted by molar-refractivity contribution is -0.129. The van der Waals surface area contributed by atoms with Gasteiger partial charge in [-0.15, -0.1) is 11.3 Å². The molecule has 1 aliphatic carbocycles. The monoisotopic (exact) mass is 395 g/mol. The molecule has 7 heteroatoms. The van der Waals surface area contributed by atoms with Crippen molar-refractivity contribution in [3.8, 4) is 10.6 Å². The Bertz CT molecular complexity index is 962. The van der Waals surface area contributed by atoms with E-state index in [1.807, 2.05) is 47.8 Å². The Kier molecular flexibility index (Phi) is 5.25. The van der Waals surface area contributed by atoms with Crippen molar-refractivity contribution in [3.63, 3.8) is 0 Å². The highest BCUT2D eigenvalue weighted by Gasteiger charge is 2.28. The molecule has 1 amide bonds. The zero-order valence-electron chi connectivity index (χ0n) is 15.5. The molecule has 144 valence electrons. The highest BCUT2D eigenvalue weighted by atomic mass is 32.1. The third-order valence-electron chi connectivity index (χ3n) is 4.50. The van der Waals surface area contributed by atoms with Gasteiger partial charge in [0.2, 0.25) is 0 Å². The van der Waals surface area contributed by atoms with Crippen molar-refractivity contribution in [3.05, 3.63) is 65.2 Å². The number of esters is 1. The minimum atomic E-state index is -0.846. The maximum absolute atomic E-state index is 12.8. The molecule has 1 saturated carbocycles. The highest BCUT2D eigenvalue weighted by molar-refractivity contribution is 7.13. The molecule has 0 saturated heterocycles. The summed E-state index contributed by atoms with van der Waals surface area (Å²) in [6.45, 7) is 2.14. The number of benzene rings is 1. The average Bonchev–Trinajstić information content (AvgIpc) is 3.18. The summed E-state index contributed by atoms with van der Waals surface area (Å²) in [5.41, 5.74) is 2.02. The van der Waals surface area contributed by atoms with Crippen LogP contribution in [0.25, 0.3) is 10.6 Å². The van der Waals surface area contributed by atoms with E-state index in [-0.39, 0.29) is 11.9 Å². The van der Waals surface area contributed by atoms with Gasteiger partial charge in [-0.2, -0.15) is 5.10 Å². The van der Waals surface area contributed by atoms with Gasteiger partial charge in [-0.05, 0) is 36.8 Å². The number of ether oxygens (including phenoxy) is 1. The van der Waals surface area contributed by atoms with E-state index in [9.17, 15) is 9.59 Å². The normalized spacial score (nSPS) is 14.5. The van der Waals surface area contributed by atoms with Gasteiger partial charge in [0.05, 0.1) is 11.4 Å². The maximum Gasteiger partial charge on any atom is 0.342 e. The van der Waals surface area contributed by atoms with Gasteiger partial charge >= 0.3 is 5.97 Å². The summed E-state index contributed by atoms with van der Waals surface area (Å²) in [6.07, 6.45) is 2.82. The van der Waals surface area contributed by atoms with Gasteiger partial charge in [0.25, 0.3) is 5.91 Å². The average molecular weight is 395 g/mol. The van der Waals surface area contributed by atoms with Crippen LogP contribution in [0.5, 0.6) is 0 Å². The summed E-state index contributed by atoms with van der Waals surface area (Å²) < 4.78 is 7.16. The number of hydrogen-bond acceptors (Lipinski definition) is 5. The fraction of sp³-hybridized carbons (Fsp3) is 0.286. The van der Waals surface area contributed by atoms with Crippen molar-refractivity contribution in [1.29, 1.82) is 0 Å². The Balaban J connectivity index is 1.55. The number of rotatable bonds is 7. The second-order valence-electron chi connectivity index (χ2n) is 6.88. The summed E-state index contributed by atoms with van der Waals surface area (Å²) in [5, 5.41) is 9.40. The van der Waals surface area contributed by atoms with Crippen LogP contribution in [0.2, 0.25) is 0 Å². The van der Waals surface area contributed by atoms with Crippen LogP contribution in [0.1, 0.15) is 35.7 Å². The van der Waals surface area contributed by atoms with Crippen molar-refractivity contribution in [2.75, 3.05) is 0 Å². The highest BCUT2D eigenvalue weighted by Crippen LogP contribution is 2.28. The third-order valence-corrected chi connectivity index (χ3v) is 5.38. The van der Waals surface area contributed by atoms with Gasteiger partial charge < -0.3 is 10.1 Å². The van der Waals surface area contributed by atoms with Crippen molar-refractivity contribution < 1.29 is 14.3 Å². The first-order valence-electron chi connectivity index (χ1n) is 9.27. The predicted octanol–water partition coefficient (Wildman–Crippen LogP) is 3.48. The van der Waals surface area contributed by atoms with Crippen LogP contribution in [0.15, 0.2) is 54.0 Å². The van der Waals surface area contributed by atoms with Crippen LogP contribution in [-0.4, -0.2) is 33.8 Å². The third kappa shape index (κ3) is 4.31. The molecule has 0 spiro atoms. The van der Waals surface area contributed by atoms with Crippen LogP contribution in [0.4, 0.5) is 0 Å². The van der Waals surface area contributed by atoms with E-state index >= 15 is 0 Å². The SMILES string of the molecule is C[C@@H](OC(=O)c1cn(Cc2ccccc2)nc1-c1cccs1)C(=O)NC1CC1. The minimum Gasteiger partial charge on any atom is -0.449 e. The number of hydrogen-bond donors (Lipinski definition) is 1. The van der Waals surface area contributed by atoms with E-state index in [4.69, 9.17) is 4.74 Å². The second-order valence-corrected chi connectivity index (χ2v) is 7.83. The van der Waals surface area contributed by atoms with E-state index < -0.39 is 12.1 Å². The zero-order chi connectivity index (χ0) is 19.5. The summed E-state index contributed by atoms with van der Waals surface area (Å²) in [6, 6.07) is 14.0. The topological polar surface area (TPSA) is 73.2 Å².